The van der Waals surface area contributed by atoms with Crippen LogP contribution in [0.15, 0.2) is 36.4 Å². The van der Waals surface area contributed by atoms with Crippen LogP contribution in [0.25, 0.3) is 0 Å². The highest BCUT2D eigenvalue weighted by atomic mass is 35.5. The van der Waals surface area contributed by atoms with Crippen molar-refractivity contribution < 1.29 is 13.2 Å². The fourth-order valence-electron chi connectivity index (χ4n) is 2.23. The third kappa shape index (κ3) is 3.99. The Morgan fingerprint density at radius 2 is 1.81 bits per heavy atom. The van der Waals surface area contributed by atoms with Crippen molar-refractivity contribution in [2.75, 3.05) is 6.54 Å². The Bertz CT molecular complexity index is 631. The Morgan fingerprint density at radius 1 is 1.05 bits per heavy atom. The van der Waals surface area contributed by atoms with Crippen LogP contribution in [-0.2, 0) is 6.42 Å². The van der Waals surface area contributed by atoms with Gasteiger partial charge in [-0.2, -0.15) is 0 Å². The van der Waals surface area contributed by atoms with E-state index >= 15 is 0 Å². The van der Waals surface area contributed by atoms with E-state index in [9.17, 15) is 13.2 Å². The molecule has 5 heteroatoms. The molecular weight excluding hydrogens is 299 g/mol. The second-order valence-electron chi connectivity index (χ2n) is 4.72. The SMILES string of the molecule is CCNC(Cc1ccc(F)cc1F)c1cc(Cl)ccc1F. The molecule has 1 nitrogen and oxygen atoms in total. The molecule has 1 unspecified atom stereocenters. The van der Waals surface area contributed by atoms with Crippen LogP contribution in [0.5, 0.6) is 0 Å². The highest BCUT2D eigenvalue weighted by molar-refractivity contribution is 6.30. The van der Waals surface area contributed by atoms with E-state index < -0.39 is 23.5 Å². The van der Waals surface area contributed by atoms with Crippen molar-refractivity contribution in [1.82, 2.24) is 5.32 Å². The normalized spacial score (nSPS) is 12.4. The molecule has 2 aromatic rings. The monoisotopic (exact) mass is 313 g/mol. The lowest BCUT2D eigenvalue weighted by atomic mass is 9.98. The van der Waals surface area contributed by atoms with E-state index in [1.807, 2.05) is 6.92 Å². The van der Waals surface area contributed by atoms with Crippen molar-refractivity contribution in [3.8, 4) is 0 Å². The second-order valence-corrected chi connectivity index (χ2v) is 5.15. The van der Waals surface area contributed by atoms with Crippen LogP contribution >= 0.6 is 11.6 Å². The summed E-state index contributed by atoms with van der Waals surface area (Å²) < 4.78 is 40.7. The zero-order valence-electron chi connectivity index (χ0n) is 11.5. The summed E-state index contributed by atoms with van der Waals surface area (Å²) in [6, 6.07) is 7.21. The molecule has 0 saturated carbocycles. The van der Waals surface area contributed by atoms with Gasteiger partial charge in [-0.1, -0.05) is 24.6 Å². The van der Waals surface area contributed by atoms with Gasteiger partial charge in [-0.3, -0.25) is 0 Å². The summed E-state index contributed by atoms with van der Waals surface area (Å²) in [4.78, 5) is 0. The number of hydrogen-bond donors (Lipinski definition) is 1. The molecule has 0 saturated heterocycles. The van der Waals surface area contributed by atoms with E-state index in [0.29, 0.717) is 22.7 Å². The van der Waals surface area contributed by atoms with Crippen LogP contribution in [0, 0.1) is 17.5 Å². The third-order valence-corrected chi connectivity index (χ3v) is 3.46. The molecular formula is C16H15ClF3N. The van der Waals surface area contributed by atoms with E-state index in [4.69, 9.17) is 11.6 Å². The number of likely N-dealkylation sites (N-methyl/N-ethyl adjacent to an activating group) is 1. The lowest BCUT2D eigenvalue weighted by Gasteiger charge is -2.20. The van der Waals surface area contributed by atoms with Gasteiger partial charge >= 0.3 is 0 Å². The van der Waals surface area contributed by atoms with Crippen molar-refractivity contribution >= 4 is 11.6 Å². The highest BCUT2D eigenvalue weighted by Crippen LogP contribution is 2.25. The predicted molar refractivity (Wildman–Crippen MR) is 77.9 cm³/mol. The van der Waals surface area contributed by atoms with Gasteiger partial charge in [0.15, 0.2) is 0 Å². The van der Waals surface area contributed by atoms with Crippen molar-refractivity contribution in [2.24, 2.45) is 0 Å². The van der Waals surface area contributed by atoms with E-state index in [1.54, 1.807) is 0 Å². The first kappa shape index (κ1) is 15.9. The smallest absolute Gasteiger partial charge is 0.129 e. The molecule has 0 heterocycles. The first-order chi connectivity index (χ1) is 10.0. The minimum atomic E-state index is -0.639. The fourth-order valence-corrected chi connectivity index (χ4v) is 2.41. The maximum Gasteiger partial charge on any atom is 0.129 e. The molecule has 0 fully saturated rings. The average molecular weight is 314 g/mol. The number of halogens is 4. The van der Waals surface area contributed by atoms with Crippen LogP contribution in [0.4, 0.5) is 13.2 Å². The number of benzene rings is 2. The Kier molecular flexibility index (Phi) is 5.26. The number of hydrogen-bond acceptors (Lipinski definition) is 1. The van der Waals surface area contributed by atoms with Crippen LogP contribution in [0.3, 0.4) is 0 Å². The van der Waals surface area contributed by atoms with Crippen LogP contribution in [0.1, 0.15) is 24.1 Å². The van der Waals surface area contributed by atoms with Crippen molar-refractivity contribution in [2.45, 2.75) is 19.4 Å². The Morgan fingerprint density at radius 3 is 2.48 bits per heavy atom. The van der Waals surface area contributed by atoms with Gasteiger partial charge in [0, 0.05) is 22.7 Å². The van der Waals surface area contributed by atoms with E-state index in [2.05, 4.69) is 5.32 Å². The van der Waals surface area contributed by atoms with Crippen molar-refractivity contribution in [3.05, 3.63) is 70.0 Å². The van der Waals surface area contributed by atoms with E-state index in [1.165, 1.54) is 30.3 Å². The standard InChI is InChI=1S/C16H15ClF3N/c1-2-21-16(13-8-11(17)4-6-14(13)19)7-10-3-5-12(18)9-15(10)20/h3-6,8-9,16,21H,2,7H2,1H3. The molecule has 21 heavy (non-hydrogen) atoms. The topological polar surface area (TPSA) is 12.0 Å². The molecule has 1 N–H and O–H groups in total. The third-order valence-electron chi connectivity index (χ3n) is 3.22. The highest BCUT2D eigenvalue weighted by Gasteiger charge is 2.18. The van der Waals surface area contributed by atoms with E-state index in [-0.39, 0.29) is 6.42 Å². The zero-order chi connectivity index (χ0) is 15.4. The Hall–Kier alpha value is -1.52. The molecule has 2 aromatic carbocycles. The Balaban J connectivity index is 2.32. The summed E-state index contributed by atoms with van der Waals surface area (Å²) in [5.41, 5.74) is 0.690. The number of rotatable bonds is 5. The van der Waals surface area contributed by atoms with Gasteiger partial charge in [0.2, 0.25) is 0 Å². The minimum absolute atomic E-state index is 0.206. The molecule has 112 valence electrons. The molecule has 0 amide bonds. The predicted octanol–water partition coefficient (Wildman–Crippen LogP) is 4.65. The van der Waals surface area contributed by atoms with Gasteiger partial charge in [-0.05, 0) is 42.8 Å². The summed E-state index contributed by atoms with van der Waals surface area (Å²) in [6.45, 7) is 2.45. The lowest BCUT2D eigenvalue weighted by molar-refractivity contribution is 0.495. The van der Waals surface area contributed by atoms with Crippen LogP contribution in [0.2, 0.25) is 5.02 Å². The maximum absolute atomic E-state index is 14.0. The molecule has 0 aromatic heterocycles. The largest absolute Gasteiger partial charge is 0.310 e. The molecule has 0 aliphatic carbocycles. The summed E-state index contributed by atoms with van der Waals surface area (Å²) in [5, 5.41) is 3.51. The summed E-state index contributed by atoms with van der Waals surface area (Å²) in [5.74, 6) is -1.68. The minimum Gasteiger partial charge on any atom is -0.310 e. The molecule has 0 aliphatic heterocycles. The number of nitrogens with one attached hydrogen (secondary N) is 1. The van der Waals surface area contributed by atoms with E-state index in [0.717, 1.165) is 6.07 Å². The van der Waals surface area contributed by atoms with Gasteiger partial charge in [-0.15, -0.1) is 0 Å². The van der Waals surface area contributed by atoms with Gasteiger partial charge < -0.3 is 5.32 Å². The maximum atomic E-state index is 14.0. The van der Waals surface area contributed by atoms with Gasteiger partial charge in [0.25, 0.3) is 0 Å². The van der Waals surface area contributed by atoms with Gasteiger partial charge in [-0.25, -0.2) is 13.2 Å². The fraction of sp³-hybridized carbons (Fsp3) is 0.250. The lowest BCUT2D eigenvalue weighted by Crippen LogP contribution is -2.24. The molecule has 0 radical (unpaired) electrons. The molecule has 1 atom stereocenters. The van der Waals surface area contributed by atoms with Crippen LogP contribution in [-0.4, -0.2) is 6.54 Å². The Labute approximate surface area is 126 Å². The van der Waals surface area contributed by atoms with Crippen molar-refractivity contribution in [1.29, 1.82) is 0 Å². The van der Waals surface area contributed by atoms with Gasteiger partial charge in [0.1, 0.15) is 17.5 Å². The average Bonchev–Trinajstić information content (AvgIpc) is 2.44. The summed E-state index contributed by atoms with van der Waals surface area (Å²) >= 11 is 5.90. The second kappa shape index (κ2) is 6.96. The quantitative estimate of drug-likeness (QED) is 0.847. The molecule has 2 rings (SSSR count). The summed E-state index contributed by atoms with van der Waals surface area (Å²) in [7, 11) is 0. The molecule has 0 aliphatic rings. The first-order valence-corrected chi connectivity index (χ1v) is 7.01. The molecule has 0 bridgehead atoms. The molecule has 0 spiro atoms. The zero-order valence-corrected chi connectivity index (χ0v) is 12.2. The van der Waals surface area contributed by atoms with Gasteiger partial charge in [0.05, 0.1) is 0 Å². The summed E-state index contributed by atoms with van der Waals surface area (Å²) in [6.07, 6.45) is 0.206. The van der Waals surface area contributed by atoms with Crippen LogP contribution < -0.4 is 5.32 Å². The van der Waals surface area contributed by atoms with Crippen molar-refractivity contribution in [3.63, 3.8) is 0 Å². The first-order valence-electron chi connectivity index (χ1n) is 6.63.